The third kappa shape index (κ3) is 6.72. The van der Waals surface area contributed by atoms with Gasteiger partial charge in [0.1, 0.15) is 12.2 Å². The van der Waals surface area contributed by atoms with Crippen LogP contribution in [0.3, 0.4) is 0 Å². The Kier molecular flexibility index (Phi) is 11.5. The molecule has 0 saturated heterocycles. The van der Waals surface area contributed by atoms with Gasteiger partial charge in [-0.1, -0.05) is 32.4 Å². The molecule has 0 heterocycles. The molecule has 41 heavy (non-hydrogen) atoms. The van der Waals surface area contributed by atoms with Crippen LogP contribution in [0, 0.1) is 34.5 Å². The van der Waals surface area contributed by atoms with Crippen LogP contribution in [0.1, 0.15) is 46.5 Å². The SMILES string of the molecule is CN(C)C(=S)S[As](C)SC(=S)N(C)C.C[C@H]1C[C@@H]2[C@H]([C@@H](O)C[C@@]3(C)[C@H]2CC[C@]3(O)C(=O)CO)[C@@]2(C)C=CC(=O)C=C12. The Morgan fingerprint density at radius 3 is 2.22 bits per heavy atom. The molecule has 0 aliphatic heterocycles. The summed E-state index contributed by atoms with van der Waals surface area (Å²) in [4.78, 5) is 28.3. The van der Waals surface area contributed by atoms with E-state index in [0.29, 0.717) is 12.8 Å². The summed E-state index contributed by atoms with van der Waals surface area (Å²) in [6, 6.07) is 0. The van der Waals surface area contributed by atoms with Gasteiger partial charge in [0, 0.05) is 16.7 Å². The molecule has 0 aromatic carbocycles. The summed E-state index contributed by atoms with van der Waals surface area (Å²) in [5.74, 6) is -0.0768. The van der Waals surface area contributed by atoms with Gasteiger partial charge >= 0.3 is 109 Å². The van der Waals surface area contributed by atoms with Crippen LogP contribution in [0.2, 0.25) is 5.71 Å². The maximum atomic E-state index is 12.4. The number of hydrogen-bond donors (Lipinski definition) is 3. The van der Waals surface area contributed by atoms with Gasteiger partial charge in [-0.3, -0.25) is 9.59 Å². The standard InChI is InChI=1S/C22H30O5.C7H15AsN2S4/c1-12-8-14-15-5-7-22(27,18(26)11-23)21(15,3)10-17(25)19(14)20(2)6-4-13(24)9-16(12)20;1-8(13-6(11)9(2)3)14-7(12)10(4)5/h4,6,9,12,14-15,17,19,23,25,27H,5,7-8,10-11H2,1-3H3;1-5H3/t12-,14-,15-,17-,19+,20-,21-,22-;/m0./s1. The Bertz CT molecular complexity index is 1110. The van der Waals surface area contributed by atoms with Crippen LogP contribution in [0.4, 0.5) is 0 Å². The average Bonchev–Trinajstić information content (AvgIpc) is 3.15. The molecular weight excluding hydrogens is 660 g/mol. The molecule has 0 aromatic heterocycles. The van der Waals surface area contributed by atoms with Crippen molar-refractivity contribution < 1.29 is 24.9 Å². The number of thiocarbonyl (C=S) groups is 2. The summed E-state index contributed by atoms with van der Waals surface area (Å²) in [5, 5.41) is 31.9. The molecule has 4 aliphatic rings. The van der Waals surface area contributed by atoms with Crippen LogP contribution in [0.15, 0.2) is 23.8 Å². The number of Topliss-reactive ketones (excluding diaryl/α,β-unsaturated/α-hetero) is 1. The quantitative estimate of drug-likeness (QED) is 0.292. The van der Waals surface area contributed by atoms with Gasteiger partial charge in [-0.2, -0.15) is 0 Å². The van der Waals surface area contributed by atoms with E-state index in [9.17, 15) is 24.9 Å². The minimum absolute atomic E-state index is 0.00620. The largest absolute Gasteiger partial charge is 0.393 e. The Morgan fingerprint density at radius 1 is 1.15 bits per heavy atom. The number of hydrogen-bond acceptors (Lipinski definition) is 9. The molecule has 0 spiro atoms. The molecule has 4 rings (SSSR count). The number of fused-ring (bicyclic) bond motifs is 5. The molecule has 7 nitrogen and oxygen atoms in total. The van der Waals surface area contributed by atoms with Crippen molar-refractivity contribution in [2.45, 2.75) is 63.9 Å². The zero-order chi connectivity index (χ0) is 31.1. The van der Waals surface area contributed by atoms with Crippen LogP contribution in [-0.2, 0) is 9.59 Å². The van der Waals surface area contributed by atoms with E-state index in [1.54, 1.807) is 32.2 Å². The number of allylic oxidation sites excluding steroid dienone is 4. The van der Waals surface area contributed by atoms with Crippen LogP contribution in [-0.4, -0.2) is 104 Å². The Hall–Kier alpha value is -0.262. The summed E-state index contributed by atoms with van der Waals surface area (Å²) in [7, 11) is 11.5. The molecule has 3 N–H and O–H groups in total. The van der Waals surface area contributed by atoms with Crippen LogP contribution >= 0.6 is 44.5 Å². The number of nitrogens with zero attached hydrogens (tertiary/aromatic N) is 2. The van der Waals surface area contributed by atoms with E-state index in [2.05, 4.69) is 19.6 Å². The number of aliphatic hydroxyl groups is 3. The number of carbonyl (C=O) groups is 2. The second-order valence-electron chi connectivity index (χ2n) is 12.7. The predicted molar refractivity (Wildman–Crippen MR) is 179 cm³/mol. The second-order valence-corrected chi connectivity index (χ2v) is 26.1. The normalized spacial score (nSPS) is 37.2. The molecular formula is C29H45AsN2O5S4. The third-order valence-electron chi connectivity index (χ3n) is 9.72. The van der Waals surface area contributed by atoms with Crippen molar-refractivity contribution in [1.29, 1.82) is 0 Å². The topological polar surface area (TPSA) is 101 Å². The molecule has 0 unspecified atom stereocenters. The summed E-state index contributed by atoms with van der Waals surface area (Å²) < 4.78 is 1.92. The predicted octanol–water partition coefficient (Wildman–Crippen LogP) is 4.07. The van der Waals surface area contributed by atoms with Crippen molar-refractivity contribution in [2.24, 2.45) is 34.5 Å². The van der Waals surface area contributed by atoms with Gasteiger partial charge in [0.15, 0.2) is 11.6 Å². The van der Waals surface area contributed by atoms with Gasteiger partial charge in [0.25, 0.3) is 0 Å². The van der Waals surface area contributed by atoms with Crippen LogP contribution in [0.5, 0.6) is 0 Å². The Labute approximate surface area is 267 Å². The maximum absolute atomic E-state index is 12.4. The third-order valence-corrected chi connectivity index (χ3v) is 21.9. The molecule has 8 atom stereocenters. The Balaban J connectivity index is 0.000000282. The molecule has 3 fully saturated rings. The zero-order valence-corrected chi connectivity index (χ0v) is 30.4. The van der Waals surface area contributed by atoms with Crippen molar-refractivity contribution in [2.75, 3.05) is 34.8 Å². The van der Waals surface area contributed by atoms with E-state index in [-0.39, 0.29) is 34.9 Å². The Morgan fingerprint density at radius 2 is 1.71 bits per heavy atom. The van der Waals surface area contributed by atoms with E-state index in [1.807, 2.05) is 51.0 Å². The van der Waals surface area contributed by atoms with Gasteiger partial charge in [0.05, 0.1) is 6.10 Å². The van der Waals surface area contributed by atoms with Crippen molar-refractivity contribution >= 4 is 77.0 Å². The fourth-order valence-corrected chi connectivity index (χ4v) is 21.3. The first-order chi connectivity index (χ1) is 18.9. The molecule has 0 amide bonds. The minimum Gasteiger partial charge on any atom is -0.393 e. The molecule has 4 aliphatic carbocycles. The van der Waals surface area contributed by atoms with E-state index < -0.39 is 41.8 Å². The summed E-state index contributed by atoms with van der Waals surface area (Å²) in [6.45, 7) is 5.48. The monoisotopic (exact) mass is 704 g/mol. The number of carbonyl (C=O) groups excluding carboxylic acids is 2. The van der Waals surface area contributed by atoms with E-state index in [4.69, 9.17) is 24.4 Å². The van der Waals surface area contributed by atoms with Crippen LogP contribution < -0.4 is 0 Å². The van der Waals surface area contributed by atoms with E-state index in [1.165, 1.54) is 0 Å². The molecule has 0 radical (unpaired) electrons. The fraction of sp³-hybridized carbons (Fsp3) is 0.724. The number of rotatable bonds is 4. The average molecular weight is 705 g/mol. The van der Waals surface area contributed by atoms with Gasteiger partial charge < -0.3 is 15.3 Å². The summed E-state index contributed by atoms with van der Waals surface area (Å²) in [5.41, 5.74) is 0.668. The van der Waals surface area contributed by atoms with Crippen molar-refractivity contribution in [3.05, 3.63) is 23.8 Å². The van der Waals surface area contributed by atoms with Crippen molar-refractivity contribution in [3.8, 4) is 0 Å². The molecule has 12 heteroatoms. The van der Waals surface area contributed by atoms with Crippen molar-refractivity contribution in [3.63, 3.8) is 0 Å². The van der Waals surface area contributed by atoms with Crippen molar-refractivity contribution in [1.82, 2.24) is 9.80 Å². The van der Waals surface area contributed by atoms with Gasteiger partial charge in [-0.05, 0) is 55.6 Å². The second kappa shape index (κ2) is 13.4. The first kappa shape index (κ1) is 35.2. The summed E-state index contributed by atoms with van der Waals surface area (Å²) >= 11 is 9.43. The molecule has 3 saturated carbocycles. The minimum atomic E-state index is -1.57. The maximum Gasteiger partial charge on any atom is 0.190 e. The first-order valence-electron chi connectivity index (χ1n) is 13.9. The molecule has 0 aromatic rings. The smallest absolute Gasteiger partial charge is 0.190 e. The molecule has 230 valence electrons. The fourth-order valence-electron chi connectivity index (χ4n) is 7.75. The van der Waals surface area contributed by atoms with E-state index in [0.717, 1.165) is 27.1 Å². The zero-order valence-electron chi connectivity index (χ0n) is 25.3. The van der Waals surface area contributed by atoms with Gasteiger partial charge in [-0.25, -0.2) is 0 Å². The van der Waals surface area contributed by atoms with E-state index >= 15 is 0 Å². The van der Waals surface area contributed by atoms with Gasteiger partial charge in [-0.15, -0.1) is 0 Å². The van der Waals surface area contributed by atoms with Gasteiger partial charge in [0.2, 0.25) is 0 Å². The van der Waals surface area contributed by atoms with Crippen LogP contribution in [0.25, 0.3) is 0 Å². The first-order valence-corrected chi connectivity index (χ1v) is 22.8. The summed E-state index contributed by atoms with van der Waals surface area (Å²) in [6.07, 6.45) is 6.87. The number of aliphatic hydroxyl groups excluding tert-OH is 2. The molecule has 0 bridgehead atoms. The number of ketones is 2.